The summed E-state index contributed by atoms with van der Waals surface area (Å²) in [5.74, 6) is -2.23. The summed E-state index contributed by atoms with van der Waals surface area (Å²) < 4.78 is 2.76. The molecule has 1 heterocycles. The predicted molar refractivity (Wildman–Crippen MR) is 155 cm³/mol. The zero-order chi connectivity index (χ0) is 27.1. The van der Waals surface area contributed by atoms with Gasteiger partial charge in [0.25, 0.3) is 0 Å². The van der Waals surface area contributed by atoms with Gasteiger partial charge in [-0.15, -0.1) is 0 Å². The number of nitrogens with zero attached hydrogens (tertiary/aromatic N) is 2. The van der Waals surface area contributed by atoms with Crippen LogP contribution in [0.4, 0.5) is 0 Å². The molecule has 0 atom stereocenters. The largest absolute Gasteiger partial charge is 0.478 e. The fourth-order valence-electron chi connectivity index (χ4n) is 4.49. The quantitative estimate of drug-likeness (QED) is 0.163. The van der Waals surface area contributed by atoms with Crippen LogP contribution in [0.15, 0.2) is 122 Å². The van der Waals surface area contributed by atoms with Crippen molar-refractivity contribution in [3.63, 3.8) is 0 Å². The molecule has 0 saturated carbocycles. The third-order valence-electron chi connectivity index (χ3n) is 6.20. The van der Waals surface area contributed by atoms with Gasteiger partial charge in [-0.25, -0.2) is 14.6 Å². The number of carboxylic acid groups (broad SMARTS) is 2. The van der Waals surface area contributed by atoms with Crippen molar-refractivity contribution in [2.75, 3.05) is 0 Å². The molecule has 0 radical (unpaired) electrons. The van der Waals surface area contributed by atoms with Crippen molar-refractivity contribution in [3.05, 3.63) is 159 Å². The monoisotopic (exact) mass is 616 g/mol. The molecule has 0 aliphatic rings. The van der Waals surface area contributed by atoms with Gasteiger partial charge in [0.05, 0.1) is 17.5 Å². The number of imidazole rings is 1. The summed E-state index contributed by atoms with van der Waals surface area (Å²) in [6.07, 6.45) is 5.77. The first-order chi connectivity index (χ1) is 18.4. The molecule has 1 aromatic heterocycles. The summed E-state index contributed by atoms with van der Waals surface area (Å²) in [5, 5.41) is 17.5. The number of aryl methyl sites for hydroxylation is 1. The molecule has 4 aromatic carbocycles. The average molecular weight is 616 g/mol. The van der Waals surface area contributed by atoms with Crippen LogP contribution in [0.1, 0.15) is 43.0 Å². The molecule has 0 bridgehead atoms. The minimum Gasteiger partial charge on any atom is -0.478 e. The number of aromatic carboxylic acids is 2. The van der Waals surface area contributed by atoms with Crippen molar-refractivity contribution in [1.29, 1.82) is 0 Å². The molecule has 0 aliphatic carbocycles. The van der Waals surface area contributed by atoms with Crippen molar-refractivity contribution in [3.8, 4) is 0 Å². The lowest BCUT2D eigenvalue weighted by atomic mass is 9.77. The van der Waals surface area contributed by atoms with Crippen molar-refractivity contribution < 1.29 is 19.8 Å². The summed E-state index contributed by atoms with van der Waals surface area (Å²) in [7, 11) is 0. The average Bonchev–Trinajstić information content (AvgIpc) is 3.48. The van der Waals surface area contributed by atoms with Crippen molar-refractivity contribution in [2.45, 2.75) is 12.5 Å². The third-order valence-corrected chi connectivity index (χ3v) is 7.63. The molecule has 0 unspecified atom stereocenters. The van der Waals surface area contributed by atoms with Gasteiger partial charge < -0.3 is 14.8 Å². The highest BCUT2D eigenvalue weighted by Gasteiger charge is 2.37. The summed E-state index contributed by atoms with van der Waals surface area (Å²) in [6.45, 7) is 1.68. The molecule has 6 nitrogen and oxygen atoms in total. The first-order valence-corrected chi connectivity index (χ1v) is 12.8. The SMILES string of the molecule is Cc1cc(C(=O)O)cc(C(=O)O)c1I.c1ccc(C(c2ccccc2)(c2ccccc2)n2ccnc2)cc1. The van der Waals surface area contributed by atoms with Crippen molar-refractivity contribution in [1.82, 2.24) is 9.55 Å². The molecular formula is C31H25IN2O4. The first-order valence-electron chi connectivity index (χ1n) is 11.8. The molecule has 0 aliphatic heterocycles. The maximum atomic E-state index is 10.8. The second kappa shape index (κ2) is 11.9. The number of carboxylic acids is 2. The zero-order valence-corrected chi connectivity index (χ0v) is 22.7. The summed E-state index contributed by atoms with van der Waals surface area (Å²) >= 11 is 1.89. The van der Waals surface area contributed by atoms with Crippen LogP contribution < -0.4 is 0 Å². The normalized spacial score (nSPS) is 10.8. The Kier molecular flexibility index (Phi) is 8.38. The minimum atomic E-state index is -1.12. The van der Waals surface area contributed by atoms with Crippen molar-refractivity contribution in [2.24, 2.45) is 0 Å². The molecule has 7 heteroatoms. The fraction of sp³-hybridized carbons (Fsp3) is 0.0645. The number of rotatable bonds is 6. The Morgan fingerprint density at radius 3 is 1.61 bits per heavy atom. The van der Waals surface area contributed by atoms with Crippen LogP contribution in [0.25, 0.3) is 0 Å². The highest BCUT2D eigenvalue weighted by atomic mass is 127. The topological polar surface area (TPSA) is 92.4 Å². The molecule has 0 spiro atoms. The van der Waals surface area contributed by atoms with E-state index < -0.39 is 17.5 Å². The first kappa shape index (κ1) is 26.8. The Morgan fingerprint density at radius 2 is 1.24 bits per heavy atom. The molecule has 5 rings (SSSR count). The van der Waals surface area contributed by atoms with Crippen LogP contribution in [0.2, 0.25) is 0 Å². The molecule has 38 heavy (non-hydrogen) atoms. The van der Waals surface area contributed by atoms with E-state index in [1.807, 2.05) is 41.3 Å². The Bertz CT molecular complexity index is 1420. The Hall–Kier alpha value is -4.24. The molecule has 0 amide bonds. The van der Waals surface area contributed by atoms with E-state index >= 15 is 0 Å². The molecule has 5 aromatic rings. The maximum Gasteiger partial charge on any atom is 0.336 e. The van der Waals surface area contributed by atoms with E-state index in [1.54, 1.807) is 6.92 Å². The molecule has 190 valence electrons. The number of hydrogen-bond acceptors (Lipinski definition) is 3. The van der Waals surface area contributed by atoms with Crippen LogP contribution in [0.5, 0.6) is 0 Å². The van der Waals surface area contributed by atoms with Crippen LogP contribution in [0.3, 0.4) is 0 Å². The summed E-state index contributed by atoms with van der Waals surface area (Å²) in [4.78, 5) is 25.7. The maximum absolute atomic E-state index is 10.8. The lowest BCUT2D eigenvalue weighted by Crippen LogP contribution is -2.36. The number of aromatic nitrogens is 2. The second-order valence-corrected chi connectivity index (χ2v) is 9.62. The summed E-state index contributed by atoms with van der Waals surface area (Å²) in [5.41, 5.74) is 3.87. The van der Waals surface area contributed by atoms with Gasteiger partial charge in [0.2, 0.25) is 0 Å². The Morgan fingerprint density at radius 1 is 0.763 bits per heavy atom. The lowest BCUT2D eigenvalue weighted by molar-refractivity contribution is 0.0695. The number of hydrogen-bond donors (Lipinski definition) is 2. The number of benzene rings is 4. The fourth-order valence-corrected chi connectivity index (χ4v) is 5.03. The van der Waals surface area contributed by atoms with Gasteiger partial charge in [-0.2, -0.15) is 0 Å². The van der Waals surface area contributed by atoms with E-state index in [0.717, 1.165) is 0 Å². The lowest BCUT2D eigenvalue weighted by Gasteiger charge is -2.37. The summed E-state index contributed by atoms with van der Waals surface area (Å²) in [6, 6.07) is 34.4. The predicted octanol–water partition coefficient (Wildman–Crippen LogP) is 6.72. The van der Waals surface area contributed by atoms with E-state index in [-0.39, 0.29) is 11.1 Å². The van der Waals surface area contributed by atoms with Crippen LogP contribution in [-0.2, 0) is 5.54 Å². The van der Waals surface area contributed by atoms with Gasteiger partial charge in [0, 0.05) is 16.0 Å². The van der Waals surface area contributed by atoms with Crippen LogP contribution >= 0.6 is 22.6 Å². The van der Waals surface area contributed by atoms with E-state index in [4.69, 9.17) is 10.2 Å². The van der Waals surface area contributed by atoms with E-state index in [1.165, 1.54) is 28.8 Å². The molecule has 0 saturated heterocycles. The van der Waals surface area contributed by atoms with Crippen molar-refractivity contribution >= 4 is 34.5 Å². The molecular weight excluding hydrogens is 591 g/mol. The van der Waals surface area contributed by atoms with E-state index in [9.17, 15) is 9.59 Å². The van der Waals surface area contributed by atoms with Crippen LogP contribution in [0, 0.1) is 10.5 Å². The van der Waals surface area contributed by atoms with E-state index in [0.29, 0.717) is 9.13 Å². The minimum absolute atomic E-state index is 0.000293. The van der Waals surface area contributed by atoms with Gasteiger partial charge in [-0.05, 0) is 63.9 Å². The molecule has 0 fully saturated rings. The Labute approximate surface area is 234 Å². The smallest absolute Gasteiger partial charge is 0.336 e. The van der Waals surface area contributed by atoms with Gasteiger partial charge in [-0.3, -0.25) is 0 Å². The highest BCUT2D eigenvalue weighted by Crippen LogP contribution is 2.40. The van der Waals surface area contributed by atoms with Gasteiger partial charge >= 0.3 is 11.9 Å². The van der Waals surface area contributed by atoms with Crippen LogP contribution in [-0.4, -0.2) is 31.7 Å². The van der Waals surface area contributed by atoms with Gasteiger partial charge in [0.1, 0.15) is 5.54 Å². The third kappa shape index (κ3) is 5.38. The number of carbonyl (C=O) groups is 2. The second-order valence-electron chi connectivity index (χ2n) is 8.54. The number of halogens is 1. The standard InChI is InChI=1S/C22H18N2.C9H7IO4/c1-4-10-19(11-5-1)22(24-17-16-23-18-24,20-12-6-2-7-13-20)21-14-8-3-9-15-21;1-4-2-5(8(11)12)3-6(7(4)10)9(13)14/h1-18H;2-3H,1H3,(H,11,12)(H,13,14). The Balaban J connectivity index is 0.000000206. The molecule has 2 N–H and O–H groups in total. The van der Waals surface area contributed by atoms with E-state index in [2.05, 4.69) is 101 Å². The van der Waals surface area contributed by atoms with Gasteiger partial charge in [0.15, 0.2) is 0 Å². The van der Waals surface area contributed by atoms with Gasteiger partial charge in [-0.1, -0.05) is 91.0 Å². The highest BCUT2D eigenvalue weighted by molar-refractivity contribution is 14.1. The zero-order valence-electron chi connectivity index (χ0n) is 20.5.